The number of hydrogen-bond acceptors (Lipinski definition) is 6. The van der Waals surface area contributed by atoms with Crippen LogP contribution in [0.4, 0.5) is 10.5 Å². The smallest absolute Gasteiger partial charge is 0.494 e. The highest BCUT2D eigenvalue weighted by Gasteiger charge is 2.51. The predicted octanol–water partition coefficient (Wildman–Crippen LogP) is 3.05. The molecule has 2 saturated heterocycles. The van der Waals surface area contributed by atoms with Crippen LogP contribution >= 0.6 is 0 Å². The third kappa shape index (κ3) is 4.70. The number of methoxy groups -OCH3 is 1. The first-order valence-corrected chi connectivity index (χ1v) is 10.6. The Morgan fingerprint density at radius 2 is 1.60 bits per heavy atom. The second-order valence-electron chi connectivity index (χ2n) is 9.97. The van der Waals surface area contributed by atoms with Gasteiger partial charge in [0.25, 0.3) is 0 Å². The maximum absolute atomic E-state index is 12.3. The van der Waals surface area contributed by atoms with Gasteiger partial charge >= 0.3 is 13.2 Å². The average molecular weight is 418 g/mol. The van der Waals surface area contributed by atoms with Gasteiger partial charge in [0.05, 0.1) is 24.0 Å². The maximum atomic E-state index is 12.3. The van der Waals surface area contributed by atoms with Gasteiger partial charge in [-0.15, -0.1) is 0 Å². The summed E-state index contributed by atoms with van der Waals surface area (Å²) in [5.41, 5.74) is 0.674. The molecule has 0 spiro atoms. The van der Waals surface area contributed by atoms with Gasteiger partial charge in [0.2, 0.25) is 0 Å². The highest BCUT2D eigenvalue weighted by Crippen LogP contribution is 2.37. The van der Waals surface area contributed by atoms with Crippen molar-refractivity contribution in [3.05, 3.63) is 18.2 Å². The Morgan fingerprint density at radius 3 is 2.10 bits per heavy atom. The number of carbonyl (C=O) groups is 1. The van der Waals surface area contributed by atoms with E-state index in [4.69, 9.17) is 18.8 Å². The quantitative estimate of drug-likeness (QED) is 0.704. The number of ether oxygens (including phenoxy) is 2. The Morgan fingerprint density at radius 1 is 1.03 bits per heavy atom. The molecule has 0 atom stereocenters. The average Bonchev–Trinajstić information content (AvgIpc) is 2.87. The van der Waals surface area contributed by atoms with Crippen molar-refractivity contribution < 1.29 is 23.6 Å². The minimum Gasteiger partial charge on any atom is -0.495 e. The Balaban J connectivity index is 1.69. The summed E-state index contributed by atoms with van der Waals surface area (Å²) < 4.78 is 23.5. The Labute approximate surface area is 180 Å². The molecular formula is C22H35BN2O5. The largest absolute Gasteiger partial charge is 0.495 e. The van der Waals surface area contributed by atoms with E-state index in [1.54, 1.807) is 12.0 Å². The molecule has 30 heavy (non-hydrogen) atoms. The molecule has 0 radical (unpaired) electrons. The van der Waals surface area contributed by atoms with Gasteiger partial charge in [0.1, 0.15) is 11.4 Å². The molecule has 2 aliphatic rings. The van der Waals surface area contributed by atoms with E-state index in [1.165, 1.54) is 0 Å². The summed E-state index contributed by atoms with van der Waals surface area (Å²) in [7, 11) is 1.24. The zero-order chi connectivity index (χ0) is 22.3. The van der Waals surface area contributed by atoms with Crippen LogP contribution in [0.1, 0.15) is 48.5 Å². The van der Waals surface area contributed by atoms with Crippen LogP contribution in [0.15, 0.2) is 18.2 Å². The molecule has 0 saturated carbocycles. The monoisotopic (exact) mass is 418 g/mol. The van der Waals surface area contributed by atoms with Crippen LogP contribution < -0.4 is 15.1 Å². The molecule has 3 rings (SSSR count). The number of piperazine rings is 1. The molecule has 7 nitrogen and oxygen atoms in total. The Kier molecular flexibility index (Phi) is 6.04. The summed E-state index contributed by atoms with van der Waals surface area (Å²) in [6.45, 7) is 16.5. The molecular weight excluding hydrogens is 383 g/mol. The fourth-order valence-electron chi connectivity index (χ4n) is 3.54. The molecule has 0 aliphatic carbocycles. The van der Waals surface area contributed by atoms with Gasteiger partial charge in [0, 0.05) is 26.2 Å². The zero-order valence-corrected chi connectivity index (χ0v) is 19.6. The molecule has 1 aromatic carbocycles. The highest BCUT2D eigenvalue weighted by atomic mass is 16.7. The lowest BCUT2D eigenvalue weighted by molar-refractivity contribution is 0.00578. The van der Waals surface area contributed by atoms with Gasteiger partial charge in [-0.3, -0.25) is 0 Å². The second kappa shape index (κ2) is 7.96. The van der Waals surface area contributed by atoms with Gasteiger partial charge in [-0.1, -0.05) is 6.07 Å². The van der Waals surface area contributed by atoms with E-state index in [-0.39, 0.29) is 17.3 Å². The van der Waals surface area contributed by atoms with E-state index in [0.29, 0.717) is 26.2 Å². The third-order valence-electron chi connectivity index (χ3n) is 6.00. The van der Waals surface area contributed by atoms with E-state index in [9.17, 15) is 4.79 Å². The van der Waals surface area contributed by atoms with Gasteiger partial charge in [0.15, 0.2) is 0 Å². The van der Waals surface area contributed by atoms with Crippen molar-refractivity contribution in [3.63, 3.8) is 0 Å². The molecule has 0 bridgehead atoms. The lowest BCUT2D eigenvalue weighted by Gasteiger charge is -2.37. The fourth-order valence-corrected chi connectivity index (χ4v) is 3.54. The van der Waals surface area contributed by atoms with Crippen LogP contribution in [-0.4, -0.2) is 68.2 Å². The maximum Gasteiger partial charge on any atom is 0.494 e. The Hall–Kier alpha value is -1.93. The molecule has 0 aromatic heterocycles. The molecule has 1 aromatic rings. The number of amides is 1. The van der Waals surface area contributed by atoms with E-state index in [0.717, 1.165) is 16.9 Å². The van der Waals surface area contributed by atoms with Crippen molar-refractivity contribution in [2.24, 2.45) is 0 Å². The predicted molar refractivity (Wildman–Crippen MR) is 119 cm³/mol. The number of anilines is 1. The van der Waals surface area contributed by atoms with E-state index in [2.05, 4.69) is 4.90 Å². The summed E-state index contributed by atoms with van der Waals surface area (Å²) in [6, 6.07) is 6.06. The summed E-state index contributed by atoms with van der Waals surface area (Å²) in [5, 5.41) is 0. The van der Waals surface area contributed by atoms with Crippen molar-refractivity contribution in [1.29, 1.82) is 0 Å². The first kappa shape index (κ1) is 22.8. The number of rotatable bonds is 3. The second-order valence-corrected chi connectivity index (χ2v) is 9.97. The van der Waals surface area contributed by atoms with Gasteiger partial charge < -0.3 is 28.6 Å². The van der Waals surface area contributed by atoms with Gasteiger partial charge in [-0.25, -0.2) is 4.79 Å². The number of benzene rings is 1. The molecule has 2 fully saturated rings. The summed E-state index contributed by atoms with van der Waals surface area (Å²) >= 11 is 0. The van der Waals surface area contributed by atoms with Crippen molar-refractivity contribution >= 4 is 24.4 Å². The van der Waals surface area contributed by atoms with Crippen LogP contribution in [0.5, 0.6) is 5.75 Å². The SMILES string of the molecule is COc1cc(B2OC(C)(C)C(C)(C)O2)ccc1N1CCN(C(=O)OC(C)(C)C)CC1. The van der Waals surface area contributed by atoms with E-state index in [1.807, 2.05) is 66.7 Å². The zero-order valence-electron chi connectivity index (χ0n) is 19.6. The summed E-state index contributed by atoms with van der Waals surface area (Å²) in [5.74, 6) is 0.771. The topological polar surface area (TPSA) is 60.5 Å². The highest BCUT2D eigenvalue weighted by molar-refractivity contribution is 6.62. The lowest BCUT2D eigenvalue weighted by Crippen LogP contribution is -2.50. The standard InChI is InChI=1S/C22H35BN2O5/c1-20(2,3)28-19(26)25-13-11-24(12-14-25)17-10-9-16(15-18(17)27-8)23-29-21(4,5)22(6,7)30-23/h9-10,15H,11-14H2,1-8H3. The van der Waals surface area contributed by atoms with E-state index < -0.39 is 12.7 Å². The minimum absolute atomic E-state index is 0.259. The lowest BCUT2D eigenvalue weighted by atomic mass is 9.79. The Bertz CT molecular complexity index is 766. The summed E-state index contributed by atoms with van der Waals surface area (Å²) in [6.07, 6.45) is -0.259. The first-order chi connectivity index (χ1) is 13.8. The van der Waals surface area contributed by atoms with Gasteiger partial charge in [-0.05, 0) is 66.1 Å². The number of nitrogens with zero attached hydrogens (tertiary/aromatic N) is 2. The van der Waals surface area contributed by atoms with E-state index >= 15 is 0 Å². The molecule has 8 heteroatoms. The molecule has 2 heterocycles. The van der Waals surface area contributed by atoms with Crippen molar-refractivity contribution in [2.45, 2.75) is 65.3 Å². The number of carbonyl (C=O) groups excluding carboxylic acids is 1. The van der Waals surface area contributed by atoms with Crippen LogP contribution in [0.25, 0.3) is 0 Å². The summed E-state index contributed by atoms with van der Waals surface area (Å²) in [4.78, 5) is 16.3. The van der Waals surface area contributed by atoms with Crippen molar-refractivity contribution in [3.8, 4) is 5.75 Å². The van der Waals surface area contributed by atoms with Crippen LogP contribution in [0, 0.1) is 0 Å². The number of hydrogen-bond donors (Lipinski definition) is 0. The van der Waals surface area contributed by atoms with Crippen LogP contribution in [0.2, 0.25) is 0 Å². The molecule has 166 valence electrons. The molecule has 2 aliphatic heterocycles. The van der Waals surface area contributed by atoms with Crippen LogP contribution in [0.3, 0.4) is 0 Å². The molecule has 1 amide bonds. The van der Waals surface area contributed by atoms with Crippen molar-refractivity contribution in [2.75, 3.05) is 38.2 Å². The fraction of sp³-hybridized carbons (Fsp3) is 0.682. The third-order valence-corrected chi connectivity index (χ3v) is 6.00. The molecule has 0 unspecified atom stereocenters. The molecule has 0 N–H and O–H groups in total. The first-order valence-electron chi connectivity index (χ1n) is 10.6. The van der Waals surface area contributed by atoms with Crippen LogP contribution in [-0.2, 0) is 14.0 Å². The minimum atomic E-state index is -0.485. The normalized spacial score (nSPS) is 21.0. The van der Waals surface area contributed by atoms with Gasteiger partial charge in [-0.2, -0.15) is 0 Å². The van der Waals surface area contributed by atoms with Crippen molar-refractivity contribution in [1.82, 2.24) is 4.90 Å².